The van der Waals surface area contributed by atoms with Crippen LogP contribution < -0.4 is 20.3 Å². The molecule has 3 amide bonds. The van der Waals surface area contributed by atoms with Crippen LogP contribution in [0.25, 0.3) is 21.9 Å². The molecule has 0 unspecified atom stereocenters. The summed E-state index contributed by atoms with van der Waals surface area (Å²) in [6, 6.07) is 11.8. The van der Waals surface area contributed by atoms with Crippen molar-refractivity contribution in [2.45, 2.75) is 61.7 Å². The van der Waals surface area contributed by atoms with E-state index in [-0.39, 0.29) is 72.4 Å². The number of sulfonamides is 1. The van der Waals surface area contributed by atoms with Gasteiger partial charge in [-0.3, -0.25) is 24.6 Å². The number of ether oxygens (including phenoxy) is 1. The molecule has 2 aromatic carbocycles. The number of hydrogen-bond acceptors (Lipinski definition) is 12. The van der Waals surface area contributed by atoms with Crippen LogP contribution in [0, 0.1) is 11.3 Å². The largest absolute Gasteiger partial charge is 0.491 e. The Bertz CT molecular complexity index is 2560. The number of halogens is 3. The van der Waals surface area contributed by atoms with Crippen LogP contribution in [-0.4, -0.2) is 117 Å². The Kier molecular flexibility index (Phi) is 10.9. The number of aryl methyl sites for hydroxylation is 1. The van der Waals surface area contributed by atoms with Crippen LogP contribution in [0.4, 0.5) is 29.7 Å². The Labute approximate surface area is 336 Å². The van der Waals surface area contributed by atoms with Crippen molar-refractivity contribution in [3.8, 4) is 11.8 Å². The summed E-state index contributed by atoms with van der Waals surface area (Å²) in [5, 5.41) is 24.8. The lowest BCUT2D eigenvalue weighted by Crippen LogP contribution is -2.49. The van der Waals surface area contributed by atoms with Crippen LogP contribution in [-0.2, 0) is 28.4 Å². The second-order valence-corrected chi connectivity index (χ2v) is 16.9. The number of aromatic nitrogens is 6. The molecule has 0 saturated carbocycles. The Morgan fingerprint density at radius 1 is 1.02 bits per heavy atom. The topological polar surface area (TPSA) is 196 Å². The number of alkyl halides is 3. The normalized spacial score (nSPS) is 18.1. The number of fused-ring (bicyclic) bond motifs is 2. The van der Waals surface area contributed by atoms with Crippen molar-refractivity contribution in [2.75, 3.05) is 56.1 Å². The van der Waals surface area contributed by atoms with Gasteiger partial charge in [0.15, 0.2) is 11.5 Å². The van der Waals surface area contributed by atoms with Crippen LogP contribution in [0.15, 0.2) is 53.7 Å². The number of amides is 3. The third kappa shape index (κ3) is 8.51. The molecule has 3 fully saturated rings. The Morgan fingerprint density at radius 2 is 1.80 bits per heavy atom. The molecule has 310 valence electrons. The number of carbonyl (C=O) groups excluding carboxylic acids is 2. The van der Waals surface area contributed by atoms with Gasteiger partial charge in [-0.1, -0.05) is 6.07 Å². The maximum Gasteiger partial charge on any atom is 0.408 e. The van der Waals surface area contributed by atoms with Crippen molar-refractivity contribution in [3.63, 3.8) is 0 Å². The predicted molar refractivity (Wildman–Crippen MR) is 208 cm³/mol. The second kappa shape index (κ2) is 16.1. The first-order chi connectivity index (χ1) is 28.3. The fourth-order valence-electron chi connectivity index (χ4n) is 7.92. The number of nitrogens with one attached hydrogen (secondary N) is 2. The molecule has 0 aliphatic carbocycles. The van der Waals surface area contributed by atoms with Gasteiger partial charge < -0.3 is 10.1 Å². The molecule has 0 bridgehead atoms. The maximum absolute atomic E-state index is 13.7. The standard InChI is InChI=1S/C38H41F3N12O5S/c1-49-31-18-25(3-5-30(31)35(48-49)52-15-10-33(54)46-37(52)55)24-6-11-50(12-7-24)16-17-58-32-19-29(4-2-26(32)20-42)59(56,57)51-13-8-28(9-14-51)45-36-43-21-27-22-44-53(34(27)47-36)23-38(39,40)41/h2-5,18-19,21-22,24,28H,6-17,23H2,1H3,(H,43,45,47)(H,46,54,55). The van der Waals surface area contributed by atoms with Gasteiger partial charge in [0.05, 0.1) is 27.6 Å². The zero-order valence-corrected chi connectivity index (χ0v) is 32.8. The number of piperidine rings is 2. The van der Waals surface area contributed by atoms with E-state index in [0.717, 1.165) is 41.5 Å². The Balaban J connectivity index is 0.835. The van der Waals surface area contributed by atoms with Gasteiger partial charge in [0, 0.05) is 63.3 Å². The number of nitriles is 1. The van der Waals surface area contributed by atoms with Gasteiger partial charge in [-0.15, -0.1) is 0 Å². The molecule has 5 aromatic rings. The zero-order chi connectivity index (χ0) is 41.5. The summed E-state index contributed by atoms with van der Waals surface area (Å²) in [4.78, 5) is 36.3. The molecule has 0 spiro atoms. The first-order valence-electron chi connectivity index (χ1n) is 19.2. The quantitative estimate of drug-likeness (QED) is 0.194. The van der Waals surface area contributed by atoms with Crippen LogP contribution in [0.3, 0.4) is 0 Å². The summed E-state index contributed by atoms with van der Waals surface area (Å²) in [6.07, 6.45) is 1.04. The van der Waals surface area contributed by atoms with Gasteiger partial charge in [0.1, 0.15) is 25.0 Å². The molecule has 0 radical (unpaired) electrons. The van der Waals surface area contributed by atoms with E-state index in [2.05, 4.69) is 53.9 Å². The summed E-state index contributed by atoms with van der Waals surface area (Å²) in [7, 11) is -2.10. The van der Waals surface area contributed by atoms with E-state index < -0.39 is 28.8 Å². The number of urea groups is 1. The number of imide groups is 1. The average Bonchev–Trinajstić information content (AvgIpc) is 3.76. The molecule has 59 heavy (non-hydrogen) atoms. The number of hydrogen-bond donors (Lipinski definition) is 2. The molecule has 0 atom stereocenters. The van der Waals surface area contributed by atoms with Crippen LogP contribution in [0.1, 0.15) is 49.1 Å². The molecule has 2 N–H and O–H groups in total. The van der Waals surface area contributed by atoms with Crippen molar-refractivity contribution >= 4 is 55.7 Å². The highest BCUT2D eigenvalue weighted by atomic mass is 32.2. The minimum atomic E-state index is -4.47. The monoisotopic (exact) mass is 834 g/mol. The molecule has 3 aliphatic rings. The number of anilines is 2. The van der Waals surface area contributed by atoms with Gasteiger partial charge in [-0.25, -0.2) is 22.9 Å². The van der Waals surface area contributed by atoms with Gasteiger partial charge >= 0.3 is 12.2 Å². The van der Waals surface area contributed by atoms with E-state index in [1.54, 1.807) is 4.68 Å². The van der Waals surface area contributed by atoms with E-state index in [0.29, 0.717) is 36.5 Å². The molecule has 3 aliphatic heterocycles. The molecule has 6 heterocycles. The summed E-state index contributed by atoms with van der Waals surface area (Å²) in [5.41, 5.74) is 2.35. The van der Waals surface area contributed by atoms with Crippen molar-refractivity contribution < 1.29 is 35.9 Å². The fourth-order valence-corrected chi connectivity index (χ4v) is 9.40. The number of nitrogens with zero attached hydrogens (tertiary/aromatic N) is 10. The molecule has 17 nitrogen and oxygen atoms in total. The maximum atomic E-state index is 13.7. The van der Waals surface area contributed by atoms with E-state index in [1.807, 2.05) is 13.1 Å². The van der Waals surface area contributed by atoms with Crippen molar-refractivity contribution in [3.05, 3.63) is 59.9 Å². The van der Waals surface area contributed by atoms with E-state index in [9.17, 15) is 36.4 Å². The van der Waals surface area contributed by atoms with Gasteiger partial charge in [-0.05, 0) is 74.5 Å². The third-order valence-electron chi connectivity index (χ3n) is 11.1. The van der Waals surface area contributed by atoms with Crippen LogP contribution in [0.2, 0.25) is 0 Å². The van der Waals surface area contributed by atoms with Crippen molar-refractivity contribution in [1.82, 2.24) is 44.1 Å². The lowest BCUT2D eigenvalue weighted by atomic mass is 9.89. The number of carbonyl (C=O) groups is 2. The van der Waals surface area contributed by atoms with Crippen molar-refractivity contribution in [2.24, 2.45) is 7.05 Å². The Hall–Kier alpha value is -5.85. The molecular formula is C38H41F3N12O5S. The molecular weight excluding hydrogens is 794 g/mol. The van der Waals surface area contributed by atoms with Gasteiger partial charge in [0.25, 0.3) is 0 Å². The minimum Gasteiger partial charge on any atom is -0.491 e. The number of benzene rings is 2. The first-order valence-corrected chi connectivity index (χ1v) is 20.7. The number of likely N-dealkylation sites (tertiary alicyclic amines) is 1. The molecule has 3 aromatic heterocycles. The first kappa shape index (κ1) is 40.0. The lowest BCUT2D eigenvalue weighted by Gasteiger charge is -2.32. The van der Waals surface area contributed by atoms with E-state index in [4.69, 9.17) is 4.74 Å². The third-order valence-corrected chi connectivity index (χ3v) is 13.0. The van der Waals surface area contributed by atoms with Crippen molar-refractivity contribution in [1.29, 1.82) is 5.26 Å². The van der Waals surface area contributed by atoms with Gasteiger partial charge in [-0.2, -0.15) is 37.9 Å². The van der Waals surface area contributed by atoms with Crippen LogP contribution in [0.5, 0.6) is 5.75 Å². The lowest BCUT2D eigenvalue weighted by molar-refractivity contribution is -0.142. The summed E-state index contributed by atoms with van der Waals surface area (Å²) < 4.78 is 76.4. The Morgan fingerprint density at radius 3 is 2.53 bits per heavy atom. The van der Waals surface area contributed by atoms with E-state index in [1.165, 1.54) is 45.4 Å². The summed E-state index contributed by atoms with van der Waals surface area (Å²) in [6.45, 7) is 1.82. The minimum absolute atomic E-state index is 0.0113. The average molecular weight is 835 g/mol. The highest BCUT2D eigenvalue weighted by Gasteiger charge is 2.33. The highest BCUT2D eigenvalue weighted by molar-refractivity contribution is 7.89. The molecule has 3 saturated heterocycles. The summed E-state index contributed by atoms with van der Waals surface area (Å²) in [5.74, 6) is 0.866. The fraction of sp³-hybridized carbons (Fsp3) is 0.447. The molecule has 21 heteroatoms. The highest BCUT2D eigenvalue weighted by Crippen LogP contribution is 2.34. The smallest absolute Gasteiger partial charge is 0.408 e. The zero-order valence-electron chi connectivity index (χ0n) is 32.0. The number of rotatable bonds is 11. The SMILES string of the molecule is Cn1nc(N2CCC(=O)NC2=O)c2ccc(C3CCN(CCOc4cc(S(=O)(=O)N5CCC(Nc6ncc7cnn(CC(F)(F)F)c7n6)CC5)ccc4C#N)CC3)cc21. The van der Waals surface area contributed by atoms with Crippen LogP contribution >= 0.6 is 0 Å². The second-order valence-electron chi connectivity index (χ2n) is 14.9. The van der Waals surface area contributed by atoms with Gasteiger partial charge in [0.2, 0.25) is 21.9 Å². The van der Waals surface area contributed by atoms with E-state index >= 15 is 0 Å². The summed E-state index contributed by atoms with van der Waals surface area (Å²) >= 11 is 0. The molecule has 8 rings (SSSR count). The predicted octanol–water partition coefficient (Wildman–Crippen LogP) is 4.12.